The lowest BCUT2D eigenvalue weighted by Gasteiger charge is -2.27. The van der Waals surface area contributed by atoms with E-state index in [0.717, 1.165) is 43.3 Å². The van der Waals surface area contributed by atoms with Crippen LogP contribution in [0.1, 0.15) is 0 Å². The van der Waals surface area contributed by atoms with Crippen molar-refractivity contribution in [3.05, 3.63) is 18.5 Å². The number of H-pyrrole nitrogens is 1. The maximum Gasteiger partial charge on any atom is 0.156 e. The van der Waals surface area contributed by atoms with Crippen molar-refractivity contribution in [1.29, 1.82) is 0 Å². The topological polar surface area (TPSA) is 54.0 Å². The summed E-state index contributed by atoms with van der Waals surface area (Å²) in [7, 11) is 0. The zero-order valence-electron chi connectivity index (χ0n) is 8.31. The van der Waals surface area contributed by atoms with Gasteiger partial charge in [-0.2, -0.15) is 0 Å². The summed E-state index contributed by atoms with van der Waals surface area (Å²) in [6.07, 6.45) is 3.66. The highest BCUT2D eigenvalue weighted by Gasteiger charge is 2.13. The van der Waals surface area contributed by atoms with Crippen molar-refractivity contribution < 1.29 is 4.74 Å². The summed E-state index contributed by atoms with van der Waals surface area (Å²) >= 11 is 0. The largest absolute Gasteiger partial charge is 0.378 e. The second-order valence-electron chi connectivity index (χ2n) is 3.54. The molecule has 1 fully saturated rings. The summed E-state index contributed by atoms with van der Waals surface area (Å²) in [5.41, 5.74) is 1.76. The zero-order chi connectivity index (χ0) is 10.1. The lowest BCUT2D eigenvalue weighted by molar-refractivity contribution is 0.122. The third kappa shape index (κ3) is 1.55. The molecule has 0 bridgehead atoms. The summed E-state index contributed by atoms with van der Waals surface area (Å²) < 4.78 is 5.30. The molecule has 0 radical (unpaired) electrons. The van der Waals surface area contributed by atoms with E-state index < -0.39 is 0 Å². The molecular formula is C10H12N4O. The van der Waals surface area contributed by atoms with Gasteiger partial charge in [0.15, 0.2) is 5.65 Å². The number of anilines is 1. The number of fused-ring (bicyclic) bond motifs is 1. The van der Waals surface area contributed by atoms with Gasteiger partial charge in [0.1, 0.15) is 11.3 Å². The number of nitrogens with one attached hydrogen (secondary N) is 1. The minimum Gasteiger partial charge on any atom is -0.378 e. The third-order valence-electron chi connectivity index (χ3n) is 2.58. The third-order valence-corrected chi connectivity index (χ3v) is 2.58. The molecule has 5 heteroatoms. The van der Waals surface area contributed by atoms with Crippen molar-refractivity contribution in [3.63, 3.8) is 0 Å². The minimum atomic E-state index is 0.771. The van der Waals surface area contributed by atoms with Gasteiger partial charge in [0.2, 0.25) is 0 Å². The van der Waals surface area contributed by atoms with E-state index in [2.05, 4.69) is 19.9 Å². The lowest BCUT2D eigenvalue weighted by Crippen LogP contribution is -2.36. The Bertz CT molecular complexity index is 461. The number of hydrogen-bond acceptors (Lipinski definition) is 4. The smallest absolute Gasteiger partial charge is 0.156 e. The van der Waals surface area contributed by atoms with E-state index in [9.17, 15) is 0 Å². The Labute approximate surface area is 87.1 Å². The fourth-order valence-corrected chi connectivity index (χ4v) is 1.77. The standard InChI is InChI=1S/C10H12N4O/c1-2-11-10-8(1)13-9(7-12-10)14-3-5-15-6-4-14/h1-2,7H,3-6H2,(H,11,12). The number of aromatic amines is 1. The SMILES string of the molecule is c1cc2nc(N3CCOCC3)cnc2[nH]1. The highest BCUT2D eigenvalue weighted by Crippen LogP contribution is 2.15. The van der Waals surface area contributed by atoms with Crippen LogP contribution in [0, 0.1) is 0 Å². The second-order valence-corrected chi connectivity index (χ2v) is 3.54. The molecular weight excluding hydrogens is 192 g/mol. The first-order valence-corrected chi connectivity index (χ1v) is 5.06. The first kappa shape index (κ1) is 8.67. The van der Waals surface area contributed by atoms with E-state index in [0.29, 0.717) is 0 Å². The van der Waals surface area contributed by atoms with Crippen LogP contribution in [0.5, 0.6) is 0 Å². The summed E-state index contributed by atoms with van der Waals surface area (Å²) in [5, 5.41) is 0. The Morgan fingerprint density at radius 1 is 1.33 bits per heavy atom. The molecule has 0 aliphatic carbocycles. The van der Waals surface area contributed by atoms with Crippen LogP contribution in [0.15, 0.2) is 18.5 Å². The Balaban J connectivity index is 1.95. The molecule has 5 nitrogen and oxygen atoms in total. The van der Waals surface area contributed by atoms with Crippen LogP contribution in [0.3, 0.4) is 0 Å². The van der Waals surface area contributed by atoms with Crippen LogP contribution in [-0.2, 0) is 4.74 Å². The molecule has 3 heterocycles. The Hall–Kier alpha value is -1.62. The quantitative estimate of drug-likeness (QED) is 0.746. The highest BCUT2D eigenvalue weighted by atomic mass is 16.5. The van der Waals surface area contributed by atoms with E-state index in [-0.39, 0.29) is 0 Å². The van der Waals surface area contributed by atoms with Gasteiger partial charge in [0.25, 0.3) is 0 Å². The molecule has 3 rings (SSSR count). The molecule has 0 aromatic carbocycles. The Morgan fingerprint density at radius 3 is 3.07 bits per heavy atom. The predicted octanol–water partition coefficient (Wildman–Crippen LogP) is 0.794. The van der Waals surface area contributed by atoms with Crippen molar-refractivity contribution in [2.45, 2.75) is 0 Å². The average Bonchev–Trinajstić information content (AvgIpc) is 2.77. The number of hydrogen-bond donors (Lipinski definition) is 1. The van der Waals surface area contributed by atoms with Gasteiger partial charge in [0.05, 0.1) is 19.4 Å². The molecule has 2 aromatic rings. The fourth-order valence-electron chi connectivity index (χ4n) is 1.77. The molecule has 1 aliphatic rings. The van der Waals surface area contributed by atoms with Crippen LogP contribution in [-0.4, -0.2) is 41.3 Å². The maximum absolute atomic E-state index is 5.30. The summed E-state index contributed by atoms with van der Waals surface area (Å²) in [5.74, 6) is 0.936. The number of ether oxygens (including phenoxy) is 1. The molecule has 15 heavy (non-hydrogen) atoms. The van der Waals surface area contributed by atoms with Crippen molar-refractivity contribution in [2.75, 3.05) is 31.2 Å². The monoisotopic (exact) mass is 204 g/mol. The Morgan fingerprint density at radius 2 is 2.20 bits per heavy atom. The molecule has 1 saturated heterocycles. The van der Waals surface area contributed by atoms with Crippen LogP contribution in [0.2, 0.25) is 0 Å². The average molecular weight is 204 g/mol. The number of nitrogens with zero attached hydrogens (tertiary/aromatic N) is 3. The van der Waals surface area contributed by atoms with E-state index in [4.69, 9.17) is 4.74 Å². The van der Waals surface area contributed by atoms with Gasteiger partial charge in [-0.3, -0.25) is 0 Å². The second kappa shape index (κ2) is 3.51. The molecule has 78 valence electrons. The van der Waals surface area contributed by atoms with E-state index in [1.54, 1.807) is 0 Å². The van der Waals surface area contributed by atoms with Gasteiger partial charge in [-0.1, -0.05) is 0 Å². The van der Waals surface area contributed by atoms with Crippen LogP contribution < -0.4 is 4.90 Å². The summed E-state index contributed by atoms with van der Waals surface area (Å²) in [6, 6.07) is 1.94. The first-order chi connectivity index (χ1) is 7.43. The van der Waals surface area contributed by atoms with Crippen LogP contribution >= 0.6 is 0 Å². The van der Waals surface area contributed by atoms with Crippen LogP contribution in [0.25, 0.3) is 11.2 Å². The minimum absolute atomic E-state index is 0.771. The van der Waals surface area contributed by atoms with Crippen molar-refractivity contribution >= 4 is 17.0 Å². The van der Waals surface area contributed by atoms with Crippen molar-refractivity contribution in [1.82, 2.24) is 15.0 Å². The molecule has 0 atom stereocenters. The number of aromatic nitrogens is 3. The van der Waals surface area contributed by atoms with Crippen LogP contribution in [0.4, 0.5) is 5.82 Å². The summed E-state index contributed by atoms with van der Waals surface area (Å²) in [6.45, 7) is 3.33. The molecule has 0 amide bonds. The number of rotatable bonds is 1. The molecule has 1 N–H and O–H groups in total. The highest BCUT2D eigenvalue weighted by molar-refractivity contribution is 5.71. The van der Waals surface area contributed by atoms with E-state index in [1.807, 2.05) is 18.5 Å². The van der Waals surface area contributed by atoms with Gasteiger partial charge < -0.3 is 14.6 Å². The fraction of sp³-hybridized carbons (Fsp3) is 0.400. The predicted molar refractivity (Wildman–Crippen MR) is 56.9 cm³/mol. The van der Waals surface area contributed by atoms with Gasteiger partial charge in [-0.25, -0.2) is 9.97 Å². The lowest BCUT2D eigenvalue weighted by atomic mass is 10.4. The Kier molecular flexibility index (Phi) is 2.03. The van der Waals surface area contributed by atoms with Crippen molar-refractivity contribution in [2.24, 2.45) is 0 Å². The number of morpholine rings is 1. The zero-order valence-corrected chi connectivity index (χ0v) is 8.31. The molecule has 1 aliphatic heterocycles. The molecule has 0 spiro atoms. The van der Waals surface area contributed by atoms with Gasteiger partial charge >= 0.3 is 0 Å². The maximum atomic E-state index is 5.30. The normalized spacial score (nSPS) is 17.2. The van der Waals surface area contributed by atoms with Crippen molar-refractivity contribution in [3.8, 4) is 0 Å². The summed E-state index contributed by atoms with van der Waals surface area (Å²) in [4.78, 5) is 14.1. The first-order valence-electron chi connectivity index (χ1n) is 5.06. The molecule has 2 aromatic heterocycles. The van der Waals surface area contributed by atoms with Gasteiger partial charge in [-0.05, 0) is 6.07 Å². The molecule has 0 saturated carbocycles. The van der Waals surface area contributed by atoms with Gasteiger partial charge in [0, 0.05) is 19.3 Å². The van der Waals surface area contributed by atoms with E-state index in [1.165, 1.54) is 0 Å². The van der Waals surface area contributed by atoms with E-state index >= 15 is 0 Å². The molecule has 0 unspecified atom stereocenters. The van der Waals surface area contributed by atoms with Gasteiger partial charge in [-0.15, -0.1) is 0 Å².